The van der Waals surface area contributed by atoms with Crippen LogP contribution in [-0.4, -0.2) is 75.5 Å². The summed E-state index contributed by atoms with van der Waals surface area (Å²) in [4.78, 5) is 23.0. The zero-order valence-electron chi connectivity index (χ0n) is 22.0. The third-order valence-corrected chi connectivity index (χ3v) is 9.48. The first-order valence-electron chi connectivity index (χ1n) is 13.3. The monoisotopic (exact) mass is 528 g/mol. The van der Waals surface area contributed by atoms with Crippen LogP contribution in [0.3, 0.4) is 0 Å². The maximum Gasteiger partial charge on any atom is 0.277 e. The number of H-pyrrole nitrogens is 1. The van der Waals surface area contributed by atoms with Gasteiger partial charge in [-0.3, -0.25) is 9.69 Å². The van der Waals surface area contributed by atoms with E-state index in [2.05, 4.69) is 21.8 Å². The smallest absolute Gasteiger partial charge is 0.277 e. The molecule has 2 aliphatic rings. The van der Waals surface area contributed by atoms with Gasteiger partial charge in [0.15, 0.2) is 11.3 Å². The Morgan fingerprint density at radius 3 is 2.65 bits per heavy atom. The van der Waals surface area contributed by atoms with Gasteiger partial charge < -0.3 is 9.72 Å². The zero-order chi connectivity index (χ0) is 26.3. The van der Waals surface area contributed by atoms with Crippen molar-refractivity contribution in [2.45, 2.75) is 76.8 Å². The Bertz CT molecular complexity index is 1460. The Balaban J connectivity index is 1.58. The van der Waals surface area contributed by atoms with Crippen LogP contribution in [0, 0.1) is 6.92 Å². The number of benzene rings is 1. The molecule has 1 N–H and O–H groups in total. The topological polar surface area (TPSA) is 113 Å². The molecule has 0 radical (unpaired) electrons. The number of sulfonamides is 1. The summed E-state index contributed by atoms with van der Waals surface area (Å²) in [5, 5.41) is 4.69. The van der Waals surface area contributed by atoms with E-state index >= 15 is 0 Å². The quantitative estimate of drug-likeness (QED) is 0.478. The fourth-order valence-corrected chi connectivity index (χ4v) is 7.42. The van der Waals surface area contributed by atoms with E-state index in [4.69, 9.17) is 9.84 Å². The van der Waals surface area contributed by atoms with Crippen LogP contribution in [0.1, 0.15) is 58.0 Å². The first kappa shape index (κ1) is 25.9. The Labute approximate surface area is 217 Å². The predicted octanol–water partition coefficient (Wildman–Crippen LogP) is 2.99. The molecule has 1 aromatic carbocycles. The van der Waals surface area contributed by atoms with E-state index < -0.39 is 10.0 Å². The lowest BCUT2D eigenvalue weighted by molar-refractivity contribution is 0.209. The number of aromatic nitrogens is 4. The number of aryl methyl sites for hydroxylation is 2. The fourth-order valence-electron chi connectivity index (χ4n) is 5.90. The molecule has 2 atom stereocenters. The van der Waals surface area contributed by atoms with Crippen LogP contribution in [0.4, 0.5) is 0 Å². The standard InChI is InChI=1S/C26H36N6O4S/c1-5-8-23-27-17(4)24-26(33)28-25(29-32(23)24)21-15-20(11-12-22(21)36-7-3)37(34,35)30-14-13-18-9-10-19(16-30)31(18)6-2/h11-12,15,18-19H,5-10,13-14,16H2,1-4H3,(H,28,29,33). The van der Waals surface area contributed by atoms with Crippen LogP contribution in [0.5, 0.6) is 5.75 Å². The molecule has 2 bridgehead atoms. The van der Waals surface area contributed by atoms with Crippen LogP contribution in [-0.2, 0) is 16.4 Å². The van der Waals surface area contributed by atoms with Gasteiger partial charge in [0.25, 0.3) is 5.56 Å². The van der Waals surface area contributed by atoms with Crippen molar-refractivity contribution in [3.05, 3.63) is 40.1 Å². The first-order valence-corrected chi connectivity index (χ1v) is 14.7. The molecule has 11 heteroatoms. The Morgan fingerprint density at radius 2 is 1.92 bits per heavy atom. The van der Waals surface area contributed by atoms with Crippen LogP contribution in [0.15, 0.2) is 27.9 Å². The maximum absolute atomic E-state index is 13.8. The lowest BCUT2D eigenvalue weighted by Crippen LogP contribution is -2.41. The Kier molecular flexibility index (Phi) is 7.12. The minimum Gasteiger partial charge on any atom is -0.493 e. The van der Waals surface area contributed by atoms with E-state index in [1.54, 1.807) is 33.9 Å². The number of hydrogen-bond acceptors (Lipinski definition) is 7. The van der Waals surface area contributed by atoms with Crippen LogP contribution in [0.2, 0.25) is 0 Å². The Hall–Kier alpha value is -2.76. The molecule has 3 aromatic rings. The summed E-state index contributed by atoms with van der Waals surface area (Å²) in [5.74, 6) is 1.41. The minimum absolute atomic E-state index is 0.171. The van der Waals surface area contributed by atoms with E-state index in [0.29, 0.717) is 60.5 Å². The third kappa shape index (κ3) is 4.57. The summed E-state index contributed by atoms with van der Waals surface area (Å²) in [5.41, 5.74) is 1.12. The highest BCUT2D eigenvalue weighted by Gasteiger charge is 2.40. The number of nitrogens with one attached hydrogen (secondary N) is 1. The second kappa shape index (κ2) is 10.2. The van der Waals surface area contributed by atoms with Gasteiger partial charge in [0.2, 0.25) is 10.0 Å². The van der Waals surface area contributed by atoms with Gasteiger partial charge in [0.05, 0.1) is 22.8 Å². The van der Waals surface area contributed by atoms with E-state index in [9.17, 15) is 13.2 Å². The number of nitrogens with zero attached hydrogens (tertiary/aromatic N) is 5. The molecule has 2 saturated heterocycles. The summed E-state index contributed by atoms with van der Waals surface area (Å²) in [7, 11) is -3.75. The van der Waals surface area contributed by atoms with E-state index in [-0.39, 0.29) is 22.3 Å². The second-order valence-electron chi connectivity index (χ2n) is 9.88. The summed E-state index contributed by atoms with van der Waals surface area (Å²) in [6.45, 7) is 10.1. The van der Waals surface area contributed by atoms with E-state index in [1.165, 1.54) is 0 Å². The van der Waals surface area contributed by atoms with Crippen LogP contribution < -0.4 is 10.3 Å². The summed E-state index contributed by atoms with van der Waals surface area (Å²) < 4.78 is 36.7. The summed E-state index contributed by atoms with van der Waals surface area (Å²) in [6.07, 6.45) is 4.51. The lowest BCUT2D eigenvalue weighted by atomic mass is 10.1. The Morgan fingerprint density at radius 1 is 1.14 bits per heavy atom. The van der Waals surface area contributed by atoms with Gasteiger partial charge in [0.1, 0.15) is 11.6 Å². The van der Waals surface area contributed by atoms with Crippen molar-refractivity contribution in [1.82, 2.24) is 28.8 Å². The van der Waals surface area contributed by atoms with Crippen LogP contribution in [0.25, 0.3) is 16.9 Å². The van der Waals surface area contributed by atoms with E-state index in [0.717, 1.165) is 32.2 Å². The number of imidazole rings is 1. The van der Waals surface area contributed by atoms with Gasteiger partial charge in [-0.1, -0.05) is 13.8 Å². The normalized spacial score (nSPS) is 21.0. The van der Waals surface area contributed by atoms with Crippen molar-refractivity contribution in [2.75, 3.05) is 26.2 Å². The fraction of sp³-hybridized carbons (Fsp3) is 0.577. The van der Waals surface area contributed by atoms with Gasteiger partial charge in [-0.25, -0.2) is 17.9 Å². The number of aromatic amines is 1. The highest BCUT2D eigenvalue weighted by molar-refractivity contribution is 7.89. The number of ether oxygens (including phenoxy) is 1. The molecule has 0 amide bonds. The molecule has 2 unspecified atom stereocenters. The van der Waals surface area contributed by atoms with Crippen molar-refractivity contribution < 1.29 is 13.2 Å². The molecule has 37 heavy (non-hydrogen) atoms. The summed E-state index contributed by atoms with van der Waals surface area (Å²) >= 11 is 0. The number of rotatable bonds is 8. The highest BCUT2D eigenvalue weighted by atomic mass is 32.2. The number of hydrogen-bond donors (Lipinski definition) is 1. The lowest BCUT2D eigenvalue weighted by Gasteiger charge is -2.27. The molecule has 2 aliphatic heterocycles. The predicted molar refractivity (Wildman–Crippen MR) is 142 cm³/mol. The minimum atomic E-state index is -3.75. The largest absolute Gasteiger partial charge is 0.493 e. The maximum atomic E-state index is 13.8. The molecule has 2 aromatic heterocycles. The number of fused-ring (bicyclic) bond motifs is 3. The molecule has 0 saturated carbocycles. The van der Waals surface area contributed by atoms with Gasteiger partial charge >= 0.3 is 0 Å². The summed E-state index contributed by atoms with van der Waals surface area (Å²) in [6, 6.07) is 5.52. The third-order valence-electron chi connectivity index (χ3n) is 7.62. The SMILES string of the molecule is CCCc1nc(C)c2c(=O)[nH]c(-c3cc(S(=O)(=O)N4CCC5CCC(C4)N5CC)ccc3OCC)nn12. The van der Waals surface area contributed by atoms with Gasteiger partial charge in [-0.2, -0.15) is 4.31 Å². The van der Waals surface area contributed by atoms with Crippen molar-refractivity contribution in [1.29, 1.82) is 0 Å². The molecule has 4 heterocycles. The average molecular weight is 529 g/mol. The van der Waals surface area contributed by atoms with Gasteiger partial charge in [-0.15, -0.1) is 5.10 Å². The molecule has 2 fully saturated rings. The van der Waals surface area contributed by atoms with Crippen molar-refractivity contribution in [3.63, 3.8) is 0 Å². The second-order valence-corrected chi connectivity index (χ2v) is 11.8. The molecule has 10 nitrogen and oxygen atoms in total. The van der Waals surface area contributed by atoms with Crippen molar-refractivity contribution in [2.24, 2.45) is 0 Å². The molecule has 200 valence electrons. The molecular formula is C26H36N6O4S. The van der Waals surface area contributed by atoms with Gasteiger partial charge in [0, 0.05) is 31.6 Å². The molecule has 0 aliphatic carbocycles. The molecular weight excluding hydrogens is 492 g/mol. The van der Waals surface area contributed by atoms with Crippen molar-refractivity contribution in [3.8, 4) is 17.1 Å². The highest BCUT2D eigenvalue weighted by Crippen LogP contribution is 2.35. The molecule has 5 rings (SSSR count). The van der Waals surface area contributed by atoms with Crippen LogP contribution >= 0.6 is 0 Å². The molecule has 0 spiro atoms. The van der Waals surface area contributed by atoms with E-state index in [1.807, 2.05) is 13.8 Å². The average Bonchev–Trinajstić information content (AvgIpc) is 3.33. The number of likely N-dealkylation sites (N-methyl/N-ethyl adjacent to an activating group) is 1. The first-order chi connectivity index (χ1) is 17.8. The zero-order valence-corrected chi connectivity index (χ0v) is 22.8. The van der Waals surface area contributed by atoms with Crippen molar-refractivity contribution >= 4 is 15.5 Å². The van der Waals surface area contributed by atoms with Gasteiger partial charge in [-0.05, 0) is 64.3 Å².